The lowest BCUT2D eigenvalue weighted by Gasteiger charge is -2.11. The fraction of sp³-hybridized carbons (Fsp3) is 0.161. The molecule has 2 aromatic heterocycles. The van der Waals surface area contributed by atoms with E-state index >= 15 is 4.39 Å². The third-order valence-electron chi connectivity index (χ3n) is 6.62. The van der Waals surface area contributed by atoms with E-state index in [0.717, 1.165) is 12.1 Å². The molecule has 0 aliphatic carbocycles. The summed E-state index contributed by atoms with van der Waals surface area (Å²) in [6.07, 6.45) is 0.215. The molecular formula is C31H23F3N4O4. The number of aromatic carboxylic acids is 1. The molecule has 5 aromatic rings. The Balaban J connectivity index is 1.39. The van der Waals surface area contributed by atoms with Gasteiger partial charge >= 0.3 is 5.97 Å². The van der Waals surface area contributed by atoms with Crippen molar-refractivity contribution in [2.24, 2.45) is 0 Å². The highest BCUT2D eigenvalue weighted by Gasteiger charge is 2.18. The molecule has 0 fully saturated rings. The van der Waals surface area contributed by atoms with Gasteiger partial charge in [0.2, 0.25) is 5.88 Å². The van der Waals surface area contributed by atoms with Gasteiger partial charge in [-0.15, -0.1) is 0 Å². The standard InChI is InChI=1S/C31H23F3N4O4/c1-41-11-10-38-27-15-20(31(39)40)5-8-26(27)36-28(38)14-18-3-6-22(25(34)12-18)30-23(32)7-9-29(37-30)42-17-21-4-2-19(16-35)13-24(21)33/h2-9,12-13,15H,10-11,14,17H2,1H3,(H,39,40). The number of benzene rings is 3. The summed E-state index contributed by atoms with van der Waals surface area (Å²) in [5.41, 5.74) is 1.84. The first-order chi connectivity index (χ1) is 20.3. The van der Waals surface area contributed by atoms with Crippen LogP contribution in [0.1, 0.15) is 32.9 Å². The first-order valence-corrected chi connectivity index (χ1v) is 12.8. The lowest BCUT2D eigenvalue weighted by Crippen LogP contribution is -2.09. The third kappa shape index (κ3) is 5.94. The lowest BCUT2D eigenvalue weighted by molar-refractivity contribution is 0.0697. The number of fused-ring (bicyclic) bond motifs is 1. The predicted octanol–water partition coefficient (Wildman–Crippen LogP) is 5.90. The first kappa shape index (κ1) is 28.3. The minimum absolute atomic E-state index is 0.0359. The van der Waals surface area contributed by atoms with E-state index in [1.807, 2.05) is 10.6 Å². The number of ether oxygens (including phenoxy) is 2. The van der Waals surface area contributed by atoms with Crippen molar-refractivity contribution in [3.63, 3.8) is 0 Å². The Morgan fingerprint density at radius 2 is 1.81 bits per heavy atom. The van der Waals surface area contributed by atoms with E-state index in [9.17, 15) is 18.7 Å². The molecule has 8 nitrogen and oxygen atoms in total. The number of methoxy groups -OCH3 is 1. The van der Waals surface area contributed by atoms with Gasteiger partial charge in [0.1, 0.15) is 35.6 Å². The van der Waals surface area contributed by atoms with E-state index in [-0.39, 0.29) is 46.9 Å². The summed E-state index contributed by atoms with van der Waals surface area (Å²) < 4.78 is 56.8. The highest BCUT2D eigenvalue weighted by atomic mass is 19.1. The van der Waals surface area contributed by atoms with Crippen LogP contribution in [-0.2, 0) is 24.3 Å². The van der Waals surface area contributed by atoms with Crippen molar-refractivity contribution in [1.29, 1.82) is 5.26 Å². The third-order valence-corrected chi connectivity index (χ3v) is 6.62. The van der Waals surface area contributed by atoms with Gasteiger partial charge in [-0.25, -0.2) is 27.9 Å². The summed E-state index contributed by atoms with van der Waals surface area (Å²) in [5, 5.41) is 18.3. The predicted molar refractivity (Wildman–Crippen MR) is 146 cm³/mol. The highest BCUT2D eigenvalue weighted by Crippen LogP contribution is 2.28. The van der Waals surface area contributed by atoms with Crippen LogP contribution >= 0.6 is 0 Å². The van der Waals surface area contributed by atoms with Gasteiger partial charge in [-0.05, 0) is 54.1 Å². The summed E-state index contributed by atoms with van der Waals surface area (Å²) in [6.45, 7) is 0.527. The second-order valence-electron chi connectivity index (χ2n) is 9.36. The normalized spacial score (nSPS) is 11.0. The number of hydrogen-bond acceptors (Lipinski definition) is 6. The molecule has 0 saturated heterocycles. The first-order valence-electron chi connectivity index (χ1n) is 12.8. The monoisotopic (exact) mass is 572 g/mol. The molecule has 42 heavy (non-hydrogen) atoms. The average Bonchev–Trinajstić information content (AvgIpc) is 3.32. The number of aromatic nitrogens is 3. The van der Waals surface area contributed by atoms with Crippen LogP contribution in [0, 0.1) is 28.8 Å². The van der Waals surface area contributed by atoms with Crippen LogP contribution in [-0.4, -0.2) is 39.3 Å². The molecule has 3 aromatic carbocycles. The minimum atomic E-state index is -1.06. The summed E-state index contributed by atoms with van der Waals surface area (Å²) in [7, 11) is 1.55. The van der Waals surface area contributed by atoms with E-state index in [4.69, 9.17) is 14.7 Å². The second-order valence-corrected chi connectivity index (χ2v) is 9.36. The molecule has 0 amide bonds. The molecule has 0 bridgehead atoms. The van der Waals surface area contributed by atoms with Crippen molar-refractivity contribution in [2.75, 3.05) is 13.7 Å². The molecule has 0 unspecified atom stereocenters. The molecule has 2 heterocycles. The topological polar surface area (TPSA) is 110 Å². The van der Waals surface area contributed by atoms with Crippen molar-refractivity contribution in [1.82, 2.24) is 14.5 Å². The lowest BCUT2D eigenvalue weighted by atomic mass is 10.0. The van der Waals surface area contributed by atoms with E-state index in [1.54, 1.807) is 19.2 Å². The number of carbonyl (C=O) groups is 1. The van der Waals surface area contributed by atoms with Crippen molar-refractivity contribution >= 4 is 17.0 Å². The highest BCUT2D eigenvalue weighted by molar-refractivity contribution is 5.92. The molecule has 212 valence electrons. The van der Waals surface area contributed by atoms with Crippen LogP contribution in [0.15, 0.2) is 66.7 Å². The van der Waals surface area contributed by atoms with Gasteiger partial charge in [-0.2, -0.15) is 5.26 Å². The Hall–Kier alpha value is -5.21. The van der Waals surface area contributed by atoms with Crippen LogP contribution in [0.3, 0.4) is 0 Å². The van der Waals surface area contributed by atoms with Crippen molar-refractivity contribution < 1.29 is 32.5 Å². The second kappa shape index (κ2) is 12.1. The van der Waals surface area contributed by atoms with E-state index in [0.29, 0.717) is 35.6 Å². The summed E-state index contributed by atoms with van der Waals surface area (Å²) in [5.74, 6) is -2.64. The number of carboxylic acids is 1. The van der Waals surface area contributed by atoms with E-state index in [2.05, 4.69) is 9.97 Å². The van der Waals surface area contributed by atoms with Gasteiger partial charge in [0.15, 0.2) is 0 Å². The average molecular weight is 573 g/mol. The number of nitriles is 1. The number of rotatable bonds is 10. The number of carboxylic acid groups (broad SMARTS) is 1. The number of nitrogens with zero attached hydrogens (tertiary/aromatic N) is 4. The Morgan fingerprint density at radius 3 is 2.52 bits per heavy atom. The zero-order chi connectivity index (χ0) is 29.8. The smallest absolute Gasteiger partial charge is 0.335 e. The van der Waals surface area contributed by atoms with Gasteiger partial charge in [0.25, 0.3) is 0 Å². The van der Waals surface area contributed by atoms with Crippen LogP contribution in [0.25, 0.3) is 22.3 Å². The van der Waals surface area contributed by atoms with Crippen molar-refractivity contribution in [2.45, 2.75) is 19.6 Å². The molecule has 1 N–H and O–H groups in total. The van der Waals surface area contributed by atoms with Crippen LogP contribution < -0.4 is 4.74 Å². The summed E-state index contributed by atoms with van der Waals surface area (Å²) in [4.78, 5) is 20.2. The van der Waals surface area contributed by atoms with Crippen LogP contribution in [0.2, 0.25) is 0 Å². The van der Waals surface area contributed by atoms with Gasteiger partial charge < -0.3 is 19.1 Å². The van der Waals surface area contributed by atoms with Gasteiger partial charge in [0.05, 0.1) is 34.8 Å². The van der Waals surface area contributed by atoms with Crippen LogP contribution in [0.5, 0.6) is 5.88 Å². The fourth-order valence-corrected chi connectivity index (χ4v) is 4.49. The van der Waals surface area contributed by atoms with E-state index < -0.39 is 23.4 Å². The van der Waals surface area contributed by atoms with Crippen molar-refractivity contribution in [3.8, 4) is 23.2 Å². The van der Waals surface area contributed by atoms with E-state index in [1.165, 1.54) is 42.5 Å². The Bertz CT molecular complexity index is 1850. The molecule has 5 rings (SSSR count). The Labute approximate surface area is 238 Å². The van der Waals surface area contributed by atoms with Gasteiger partial charge in [-0.1, -0.05) is 12.1 Å². The van der Waals surface area contributed by atoms with Gasteiger partial charge in [0, 0.05) is 37.3 Å². The maximum Gasteiger partial charge on any atom is 0.335 e. The molecule has 0 saturated carbocycles. The van der Waals surface area contributed by atoms with Crippen LogP contribution in [0.4, 0.5) is 13.2 Å². The fourth-order valence-electron chi connectivity index (χ4n) is 4.49. The maximum absolute atomic E-state index is 15.3. The molecule has 0 atom stereocenters. The molecule has 0 aliphatic heterocycles. The minimum Gasteiger partial charge on any atom is -0.478 e. The number of hydrogen-bond donors (Lipinski definition) is 1. The summed E-state index contributed by atoms with van der Waals surface area (Å²) in [6, 6.07) is 17.0. The number of imidazole rings is 1. The van der Waals surface area contributed by atoms with Crippen molar-refractivity contribution in [3.05, 3.63) is 112 Å². The maximum atomic E-state index is 15.3. The molecule has 11 heteroatoms. The summed E-state index contributed by atoms with van der Waals surface area (Å²) >= 11 is 0. The number of halogens is 3. The zero-order valence-corrected chi connectivity index (χ0v) is 22.3. The Morgan fingerprint density at radius 1 is 0.976 bits per heavy atom. The van der Waals surface area contributed by atoms with Gasteiger partial charge in [-0.3, -0.25) is 0 Å². The molecule has 0 aliphatic rings. The Kier molecular flexibility index (Phi) is 8.17. The molecule has 0 radical (unpaired) electrons. The quantitative estimate of drug-likeness (QED) is 0.222. The molecule has 0 spiro atoms. The number of pyridine rings is 1. The zero-order valence-electron chi connectivity index (χ0n) is 22.3. The molecular weight excluding hydrogens is 549 g/mol. The SMILES string of the molecule is COCCn1c(Cc2ccc(-c3nc(OCc4ccc(C#N)cc4F)ccc3F)c(F)c2)nc2ccc(C(=O)O)cc21. The largest absolute Gasteiger partial charge is 0.478 e.